The summed E-state index contributed by atoms with van der Waals surface area (Å²) in [6, 6.07) is 4.58. The summed E-state index contributed by atoms with van der Waals surface area (Å²) >= 11 is 0. The van der Waals surface area contributed by atoms with Crippen molar-refractivity contribution in [1.29, 1.82) is 0 Å². The lowest BCUT2D eigenvalue weighted by Crippen LogP contribution is -2.42. The Labute approximate surface area is 137 Å². The van der Waals surface area contributed by atoms with Crippen LogP contribution in [0.3, 0.4) is 0 Å². The molecule has 0 bridgehead atoms. The van der Waals surface area contributed by atoms with E-state index in [1.807, 2.05) is 6.92 Å². The van der Waals surface area contributed by atoms with Gasteiger partial charge in [-0.2, -0.15) is 4.31 Å². The Morgan fingerprint density at radius 3 is 2.43 bits per heavy atom. The zero-order valence-electron chi connectivity index (χ0n) is 13.8. The standard InChI is InChI=1S/C16H24N2O4S/c1-11-10-14(4-5-15(11)16(19)22-3)23(20,21)18-8-6-13(7-9-18)12(2)17/h4-5,10,12-13H,6-9,17H2,1-3H3. The van der Waals surface area contributed by atoms with Gasteiger partial charge in [-0.25, -0.2) is 13.2 Å². The topological polar surface area (TPSA) is 89.7 Å². The molecule has 23 heavy (non-hydrogen) atoms. The van der Waals surface area contributed by atoms with Crippen molar-refractivity contribution in [3.63, 3.8) is 0 Å². The van der Waals surface area contributed by atoms with E-state index in [2.05, 4.69) is 4.74 Å². The van der Waals surface area contributed by atoms with Crippen molar-refractivity contribution in [1.82, 2.24) is 4.31 Å². The molecule has 0 amide bonds. The van der Waals surface area contributed by atoms with E-state index in [1.54, 1.807) is 6.92 Å². The van der Waals surface area contributed by atoms with Gasteiger partial charge in [0.1, 0.15) is 0 Å². The van der Waals surface area contributed by atoms with Crippen LogP contribution in [-0.2, 0) is 14.8 Å². The molecule has 1 aliphatic heterocycles. The van der Waals surface area contributed by atoms with E-state index in [4.69, 9.17) is 5.73 Å². The number of ether oxygens (including phenoxy) is 1. The van der Waals surface area contributed by atoms with Crippen LogP contribution in [0.5, 0.6) is 0 Å². The molecule has 1 unspecified atom stereocenters. The molecule has 1 atom stereocenters. The van der Waals surface area contributed by atoms with Crippen LogP contribution in [0.2, 0.25) is 0 Å². The van der Waals surface area contributed by atoms with Gasteiger partial charge in [-0.3, -0.25) is 0 Å². The minimum absolute atomic E-state index is 0.0847. The Bertz CT molecular complexity index is 677. The molecule has 0 spiro atoms. The Kier molecular flexibility index (Phi) is 5.44. The van der Waals surface area contributed by atoms with E-state index >= 15 is 0 Å². The van der Waals surface area contributed by atoms with E-state index in [1.165, 1.54) is 29.6 Å². The molecule has 1 fully saturated rings. The first-order valence-electron chi connectivity index (χ1n) is 7.72. The molecule has 7 heteroatoms. The van der Waals surface area contributed by atoms with E-state index in [9.17, 15) is 13.2 Å². The Hall–Kier alpha value is -1.44. The second-order valence-electron chi connectivity index (χ2n) is 6.07. The number of sulfonamides is 1. The summed E-state index contributed by atoms with van der Waals surface area (Å²) in [5.74, 6) is -0.103. The average Bonchev–Trinajstić information content (AvgIpc) is 2.54. The number of hydrogen-bond acceptors (Lipinski definition) is 5. The van der Waals surface area contributed by atoms with Crippen molar-refractivity contribution < 1.29 is 17.9 Å². The Morgan fingerprint density at radius 1 is 1.35 bits per heavy atom. The summed E-state index contributed by atoms with van der Waals surface area (Å²) in [6.45, 7) is 4.62. The van der Waals surface area contributed by atoms with Crippen LogP contribution in [0.25, 0.3) is 0 Å². The maximum absolute atomic E-state index is 12.7. The highest BCUT2D eigenvalue weighted by Crippen LogP contribution is 2.26. The lowest BCUT2D eigenvalue weighted by atomic mass is 9.92. The molecular formula is C16H24N2O4S. The lowest BCUT2D eigenvalue weighted by Gasteiger charge is -2.33. The number of methoxy groups -OCH3 is 1. The van der Waals surface area contributed by atoms with Gasteiger partial charge in [0.25, 0.3) is 0 Å². The molecule has 6 nitrogen and oxygen atoms in total. The van der Waals surface area contributed by atoms with Crippen LogP contribution in [0.1, 0.15) is 35.7 Å². The minimum Gasteiger partial charge on any atom is -0.465 e. The molecular weight excluding hydrogens is 316 g/mol. The molecule has 1 aromatic rings. The number of carbonyl (C=O) groups excluding carboxylic acids is 1. The number of aryl methyl sites for hydroxylation is 1. The second kappa shape index (κ2) is 6.98. The predicted molar refractivity (Wildman–Crippen MR) is 87.7 cm³/mol. The fourth-order valence-corrected chi connectivity index (χ4v) is 4.48. The van der Waals surface area contributed by atoms with Crippen LogP contribution in [-0.4, -0.2) is 44.9 Å². The zero-order valence-corrected chi connectivity index (χ0v) is 14.6. The average molecular weight is 340 g/mol. The lowest BCUT2D eigenvalue weighted by molar-refractivity contribution is 0.0600. The predicted octanol–water partition coefficient (Wildman–Crippen LogP) is 1.53. The van der Waals surface area contributed by atoms with Gasteiger partial charge in [0.2, 0.25) is 10.0 Å². The SMILES string of the molecule is COC(=O)c1ccc(S(=O)(=O)N2CCC(C(C)N)CC2)cc1C. The fourth-order valence-electron chi connectivity index (χ4n) is 2.93. The quantitative estimate of drug-likeness (QED) is 0.840. The highest BCUT2D eigenvalue weighted by molar-refractivity contribution is 7.89. The van der Waals surface area contributed by atoms with Gasteiger partial charge in [0.05, 0.1) is 17.6 Å². The Balaban J connectivity index is 2.21. The maximum atomic E-state index is 12.7. The van der Waals surface area contributed by atoms with Crippen LogP contribution in [0.15, 0.2) is 23.1 Å². The molecule has 1 aromatic carbocycles. The maximum Gasteiger partial charge on any atom is 0.338 e. The highest BCUT2D eigenvalue weighted by atomic mass is 32.2. The number of esters is 1. The van der Waals surface area contributed by atoms with E-state index in [0.717, 1.165) is 12.8 Å². The molecule has 2 N–H and O–H groups in total. The molecule has 0 aromatic heterocycles. The zero-order chi connectivity index (χ0) is 17.2. The monoisotopic (exact) mass is 340 g/mol. The van der Waals surface area contributed by atoms with Crippen LogP contribution in [0, 0.1) is 12.8 Å². The van der Waals surface area contributed by atoms with Gasteiger partial charge in [0, 0.05) is 19.1 Å². The van der Waals surface area contributed by atoms with Gasteiger partial charge in [-0.15, -0.1) is 0 Å². The minimum atomic E-state index is -3.54. The largest absolute Gasteiger partial charge is 0.465 e. The van der Waals surface area contributed by atoms with E-state index < -0.39 is 16.0 Å². The molecule has 1 aliphatic rings. The molecule has 0 aliphatic carbocycles. The van der Waals surface area contributed by atoms with E-state index in [-0.39, 0.29) is 10.9 Å². The molecule has 1 heterocycles. The van der Waals surface area contributed by atoms with Crippen LogP contribution >= 0.6 is 0 Å². The summed E-state index contributed by atoms with van der Waals surface area (Å²) in [5.41, 5.74) is 6.86. The number of benzene rings is 1. The summed E-state index contributed by atoms with van der Waals surface area (Å²) in [6.07, 6.45) is 1.55. The number of nitrogens with zero attached hydrogens (tertiary/aromatic N) is 1. The summed E-state index contributed by atoms with van der Waals surface area (Å²) in [5, 5.41) is 0. The van der Waals surface area contributed by atoms with E-state index in [0.29, 0.717) is 30.1 Å². The smallest absolute Gasteiger partial charge is 0.338 e. The van der Waals surface area contributed by atoms with Gasteiger partial charge in [0.15, 0.2) is 0 Å². The summed E-state index contributed by atoms with van der Waals surface area (Å²) in [7, 11) is -2.24. The molecule has 0 saturated carbocycles. The van der Waals surface area contributed by atoms with Gasteiger partial charge in [-0.05, 0) is 56.4 Å². The van der Waals surface area contributed by atoms with Crippen molar-refractivity contribution in [3.05, 3.63) is 29.3 Å². The van der Waals surface area contributed by atoms with Crippen LogP contribution in [0.4, 0.5) is 0 Å². The third kappa shape index (κ3) is 3.73. The second-order valence-corrected chi connectivity index (χ2v) is 8.01. The number of carbonyl (C=O) groups is 1. The van der Waals surface area contributed by atoms with Crippen LogP contribution < -0.4 is 5.73 Å². The van der Waals surface area contributed by atoms with Crippen molar-refractivity contribution in [2.45, 2.75) is 37.6 Å². The molecule has 1 saturated heterocycles. The Morgan fingerprint density at radius 2 is 1.96 bits per heavy atom. The molecule has 2 rings (SSSR count). The van der Waals surface area contributed by atoms with Crippen molar-refractivity contribution in [2.75, 3.05) is 20.2 Å². The first-order chi connectivity index (χ1) is 10.8. The van der Waals surface area contributed by atoms with Crippen molar-refractivity contribution >= 4 is 16.0 Å². The third-order valence-electron chi connectivity index (χ3n) is 4.48. The van der Waals surface area contributed by atoms with Gasteiger partial charge >= 0.3 is 5.97 Å². The van der Waals surface area contributed by atoms with Crippen molar-refractivity contribution in [3.8, 4) is 0 Å². The number of nitrogens with two attached hydrogens (primary N) is 1. The summed E-state index contributed by atoms with van der Waals surface area (Å²) in [4.78, 5) is 11.8. The van der Waals surface area contributed by atoms with Gasteiger partial charge in [-0.1, -0.05) is 0 Å². The van der Waals surface area contributed by atoms with Gasteiger partial charge < -0.3 is 10.5 Å². The highest BCUT2D eigenvalue weighted by Gasteiger charge is 2.30. The fraction of sp³-hybridized carbons (Fsp3) is 0.562. The third-order valence-corrected chi connectivity index (χ3v) is 6.38. The first kappa shape index (κ1) is 17.9. The number of rotatable bonds is 4. The number of hydrogen-bond donors (Lipinski definition) is 1. The normalized spacial score (nSPS) is 18.6. The number of piperidine rings is 1. The first-order valence-corrected chi connectivity index (χ1v) is 9.16. The summed E-state index contributed by atoms with van der Waals surface area (Å²) < 4.78 is 31.7. The molecule has 128 valence electrons. The molecule has 0 radical (unpaired) electrons. The van der Waals surface area contributed by atoms with Crippen molar-refractivity contribution in [2.24, 2.45) is 11.7 Å².